The molecule has 0 aliphatic rings. The van der Waals surface area contributed by atoms with Crippen LogP contribution < -0.4 is 16.1 Å². The van der Waals surface area contributed by atoms with Crippen molar-refractivity contribution in [1.82, 2.24) is 0 Å². The molecule has 0 spiro atoms. The lowest BCUT2D eigenvalue weighted by Gasteiger charge is -2.06. The lowest BCUT2D eigenvalue weighted by Crippen LogP contribution is -2.21. The van der Waals surface area contributed by atoms with E-state index in [4.69, 9.17) is 19.3 Å². The third-order valence-electron chi connectivity index (χ3n) is 3.20. The van der Waals surface area contributed by atoms with E-state index in [9.17, 15) is 9.59 Å². The van der Waals surface area contributed by atoms with Gasteiger partial charge in [0.2, 0.25) is 0 Å². The minimum Gasteiger partial charge on any atom is -0.453 e. The van der Waals surface area contributed by atoms with Crippen molar-refractivity contribution in [3.8, 4) is 17.3 Å². The zero-order chi connectivity index (χ0) is 15.7. The Bertz CT molecular complexity index is 873. The quantitative estimate of drug-likeness (QED) is 0.745. The second kappa shape index (κ2) is 5.50. The second-order valence-electron chi connectivity index (χ2n) is 4.71. The molecule has 0 atom stereocenters. The number of para-hydroxylation sites is 1. The van der Waals surface area contributed by atoms with Gasteiger partial charge in [-0.25, -0.2) is 4.79 Å². The number of hydrogen-bond donors (Lipinski definition) is 1. The predicted octanol–water partition coefficient (Wildman–Crippen LogP) is 2.23. The van der Waals surface area contributed by atoms with Gasteiger partial charge in [-0.1, -0.05) is 18.2 Å². The first-order chi connectivity index (χ1) is 10.6. The number of nitrogens with two attached hydrogens (primary N) is 1. The molecular weight excluding hydrogens is 286 g/mol. The number of esters is 1. The van der Waals surface area contributed by atoms with Crippen LogP contribution in [0.4, 0.5) is 0 Å². The van der Waals surface area contributed by atoms with Crippen molar-refractivity contribution in [3.05, 3.63) is 52.4 Å². The van der Waals surface area contributed by atoms with Crippen molar-refractivity contribution in [1.29, 1.82) is 0 Å². The molecular formula is C16H13NO5. The maximum Gasteiger partial charge on any atom is 0.343 e. The SMILES string of the molecule is Cc1c(OC(=O)CN)cc(-c2cc3ccccc3o2)oc1=O. The zero-order valence-corrected chi connectivity index (χ0v) is 11.8. The Hall–Kier alpha value is -2.86. The molecule has 0 aliphatic carbocycles. The van der Waals surface area contributed by atoms with Crippen LogP contribution in [0.2, 0.25) is 0 Å². The first-order valence-electron chi connectivity index (χ1n) is 6.63. The molecule has 0 radical (unpaired) electrons. The predicted molar refractivity (Wildman–Crippen MR) is 79.6 cm³/mol. The summed E-state index contributed by atoms with van der Waals surface area (Å²) in [5.41, 5.74) is 5.48. The number of furan rings is 1. The average Bonchev–Trinajstić information content (AvgIpc) is 2.95. The van der Waals surface area contributed by atoms with E-state index in [0.717, 1.165) is 5.39 Å². The Morgan fingerprint density at radius 2 is 1.91 bits per heavy atom. The Labute approximate surface area is 125 Å². The topological polar surface area (TPSA) is 95.7 Å². The molecule has 0 aliphatic heterocycles. The van der Waals surface area contributed by atoms with Gasteiger partial charge in [-0.3, -0.25) is 4.79 Å². The van der Waals surface area contributed by atoms with E-state index in [1.54, 1.807) is 12.1 Å². The van der Waals surface area contributed by atoms with Crippen LogP contribution in [0.3, 0.4) is 0 Å². The van der Waals surface area contributed by atoms with E-state index in [0.29, 0.717) is 11.3 Å². The molecule has 0 saturated carbocycles. The van der Waals surface area contributed by atoms with Gasteiger partial charge in [-0.15, -0.1) is 0 Å². The molecule has 0 fully saturated rings. The third kappa shape index (κ3) is 2.51. The second-order valence-corrected chi connectivity index (χ2v) is 4.71. The van der Waals surface area contributed by atoms with Gasteiger partial charge in [0, 0.05) is 11.5 Å². The van der Waals surface area contributed by atoms with E-state index >= 15 is 0 Å². The summed E-state index contributed by atoms with van der Waals surface area (Å²) in [6.45, 7) is 1.23. The summed E-state index contributed by atoms with van der Waals surface area (Å²) in [7, 11) is 0. The molecule has 112 valence electrons. The average molecular weight is 299 g/mol. The first kappa shape index (κ1) is 14.1. The maximum atomic E-state index is 11.9. The van der Waals surface area contributed by atoms with Crippen molar-refractivity contribution in [2.24, 2.45) is 5.73 Å². The normalized spacial score (nSPS) is 10.8. The molecule has 2 N–H and O–H groups in total. The smallest absolute Gasteiger partial charge is 0.343 e. The molecule has 6 heteroatoms. The summed E-state index contributed by atoms with van der Waals surface area (Å²) in [5.74, 6) is 0.0429. The van der Waals surface area contributed by atoms with Crippen LogP contribution in [-0.4, -0.2) is 12.5 Å². The summed E-state index contributed by atoms with van der Waals surface area (Å²) in [6.07, 6.45) is 0. The molecule has 2 heterocycles. The van der Waals surface area contributed by atoms with E-state index in [-0.39, 0.29) is 23.6 Å². The van der Waals surface area contributed by atoms with Crippen LogP contribution in [0.25, 0.3) is 22.5 Å². The molecule has 3 rings (SSSR count). The monoisotopic (exact) mass is 299 g/mol. The van der Waals surface area contributed by atoms with Gasteiger partial charge < -0.3 is 19.3 Å². The van der Waals surface area contributed by atoms with Crippen LogP contribution in [-0.2, 0) is 4.79 Å². The number of carbonyl (C=O) groups excluding carboxylic acids is 1. The first-order valence-corrected chi connectivity index (χ1v) is 6.63. The van der Waals surface area contributed by atoms with Gasteiger partial charge in [0.1, 0.15) is 11.3 Å². The van der Waals surface area contributed by atoms with Gasteiger partial charge in [0.25, 0.3) is 0 Å². The van der Waals surface area contributed by atoms with Crippen LogP contribution >= 0.6 is 0 Å². The number of benzene rings is 1. The van der Waals surface area contributed by atoms with Crippen molar-refractivity contribution in [2.75, 3.05) is 6.54 Å². The van der Waals surface area contributed by atoms with Crippen molar-refractivity contribution in [2.45, 2.75) is 6.92 Å². The summed E-state index contributed by atoms with van der Waals surface area (Å²) >= 11 is 0. The van der Waals surface area contributed by atoms with Gasteiger partial charge in [0.15, 0.2) is 11.5 Å². The van der Waals surface area contributed by atoms with E-state index in [1.165, 1.54) is 13.0 Å². The third-order valence-corrected chi connectivity index (χ3v) is 3.20. The van der Waals surface area contributed by atoms with Crippen molar-refractivity contribution in [3.63, 3.8) is 0 Å². The largest absolute Gasteiger partial charge is 0.453 e. The minimum atomic E-state index is -0.635. The lowest BCUT2D eigenvalue weighted by atomic mass is 10.2. The van der Waals surface area contributed by atoms with Gasteiger partial charge in [-0.2, -0.15) is 0 Å². The van der Waals surface area contributed by atoms with Crippen LogP contribution in [0.15, 0.2) is 50.0 Å². The molecule has 0 bridgehead atoms. The summed E-state index contributed by atoms with van der Waals surface area (Å²) in [6, 6.07) is 10.6. The fourth-order valence-electron chi connectivity index (χ4n) is 2.03. The Morgan fingerprint density at radius 1 is 1.18 bits per heavy atom. The fourth-order valence-corrected chi connectivity index (χ4v) is 2.03. The number of ether oxygens (including phenoxy) is 1. The number of rotatable bonds is 3. The summed E-state index contributed by atoms with van der Waals surface area (Å²) in [4.78, 5) is 23.2. The Balaban J connectivity index is 2.10. The van der Waals surface area contributed by atoms with E-state index < -0.39 is 11.6 Å². The van der Waals surface area contributed by atoms with Gasteiger partial charge in [0.05, 0.1) is 12.1 Å². The highest BCUT2D eigenvalue weighted by Crippen LogP contribution is 2.29. The summed E-state index contributed by atoms with van der Waals surface area (Å²) in [5, 5.41) is 0.876. The fraction of sp³-hybridized carbons (Fsp3) is 0.125. The highest BCUT2D eigenvalue weighted by molar-refractivity contribution is 5.82. The van der Waals surface area contributed by atoms with Gasteiger partial charge in [-0.05, 0) is 19.1 Å². The number of fused-ring (bicyclic) bond motifs is 1. The Kier molecular flexibility index (Phi) is 3.52. The van der Waals surface area contributed by atoms with E-state index in [1.807, 2.05) is 18.2 Å². The van der Waals surface area contributed by atoms with Crippen LogP contribution in [0, 0.1) is 6.92 Å². The van der Waals surface area contributed by atoms with E-state index in [2.05, 4.69) is 0 Å². The van der Waals surface area contributed by atoms with Crippen molar-refractivity contribution >= 4 is 16.9 Å². The lowest BCUT2D eigenvalue weighted by molar-refractivity contribution is -0.132. The molecule has 1 aromatic carbocycles. The molecule has 0 unspecified atom stereocenters. The highest BCUT2D eigenvalue weighted by atomic mass is 16.5. The Morgan fingerprint density at radius 3 is 2.64 bits per heavy atom. The molecule has 22 heavy (non-hydrogen) atoms. The molecule has 3 aromatic rings. The number of carbonyl (C=O) groups is 1. The van der Waals surface area contributed by atoms with Crippen molar-refractivity contribution < 1.29 is 18.4 Å². The highest BCUT2D eigenvalue weighted by Gasteiger charge is 2.16. The van der Waals surface area contributed by atoms with Crippen LogP contribution in [0.1, 0.15) is 5.56 Å². The molecule has 0 amide bonds. The van der Waals surface area contributed by atoms with Crippen LogP contribution in [0.5, 0.6) is 5.75 Å². The maximum absolute atomic E-state index is 11.9. The summed E-state index contributed by atoms with van der Waals surface area (Å²) < 4.78 is 15.9. The van der Waals surface area contributed by atoms with Gasteiger partial charge >= 0.3 is 11.6 Å². The standard InChI is InChI=1S/C16H13NO5/c1-9-12(21-15(18)8-17)7-14(22-16(9)19)13-6-10-4-2-3-5-11(10)20-13/h2-7H,8,17H2,1H3. The molecule has 6 nitrogen and oxygen atoms in total. The molecule has 0 saturated heterocycles. The number of hydrogen-bond acceptors (Lipinski definition) is 6. The minimum absolute atomic E-state index is 0.113. The molecule has 2 aromatic heterocycles. The zero-order valence-electron chi connectivity index (χ0n) is 11.8.